The number of nitrogen functional groups attached to an aromatic ring is 1. The van der Waals surface area contributed by atoms with E-state index in [0.29, 0.717) is 6.07 Å². The van der Waals surface area contributed by atoms with Gasteiger partial charge in [0.25, 0.3) is 0 Å². The number of aliphatic hydroxyl groups is 1. The summed E-state index contributed by atoms with van der Waals surface area (Å²) >= 11 is 2.64. The van der Waals surface area contributed by atoms with Gasteiger partial charge < -0.3 is 15.9 Å². The standard InChI is InChI=1S/C9H7BrF3NO3/c10-5-4(9(11,12)13)2-1-3(6(5)14)7(15)8(16)17/h1-2,7,15H,14H2,(H,16,17). The summed E-state index contributed by atoms with van der Waals surface area (Å²) in [5.41, 5.74) is 3.57. The molecule has 94 valence electrons. The normalized spacial score (nSPS) is 13.5. The van der Waals surface area contributed by atoms with Crippen LogP contribution in [0.4, 0.5) is 18.9 Å². The van der Waals surface area contributed by atoms with E-state index >= 15 is 0 Å². The molecule has 0 saturated carbocycles. The average Bonchev–Trinajstić information content (AvgIpc) is 2.19. The van der Waals surface area contributed by atoms with Crippen LogP contribution in [0.1, 0.15) is 17.2 Å². The summed E-state index contributed by atoms with van der Waals surface area (Å²) in [6.45, 7) is 0. The van der Waals surface area contributed by atoms with Crippen molar-refractivity contribution in [1.82, 2.24) is 0 Å². The Kier molecular flexibility index (Phi) is 3.68. The molecule has 0 amide bonds. The van der Waals surface area contributed by atoms with E-state index in [2.05, 4.69) is 15.9 Å². The smallest absolute Gasteiger partial charge is 0.417 e. The summed E-state index contributed by atoms with van der Waals surface area (Å²) in [5.74, 6) is -1.59. The zero-order chi connectivity index (χ0) is 13.4. The van der Waals surface area contributed by atoms with Gasteiger partial charge in [-0.3, -0.25) is 0 Å². The Hall–Kier alpha value is -1.28. The Labute approximate surface area is 102 Å². The summed E-state index contributed by atoms with van der Waals surface area (Å²) in [6, 6.07) is 1.49. The Morgan fingerprint density at radius 3 is 2.35 bits per heavy atom. The van der Waals surface area contributed by atoms with E-state index in [1.165, 1.54) is 0 Å². The van der Waals surface area contributed by atoms with Gasteiger partial charge in [0.15, 0.2) is 6.10 Å². The fourth-order valence-electron chi connectivity index (χ4n) is 1.20. The van der Waals surface area contributed by atoms with Gasteiger partial charge in [-0.2, -0.15) is 13.2 Å². The Morgan fingerprint density at radius 1 is 1.41 bits per heavy atom. The van der Waals surface area contributed by atoms with Gasteiger partial charge in [-0.1, -0.05) is 6.07 Å². The Balaban J connectivity index is 3.34. The van der Waals surface area contributed by atoms with Crippen molar-refractivity contribution in [2.75, 3.05) is 5.73 Å². The van der Waals surface area contributed by atoms with Crippen LogP contribution in [0.2, 0.25) is 0 Å². The van der Waals surface area contributed by atoms with Gasteiger partial charge >= 0.3 is 12.1 Å². The molecule has 1 rings (SSSR count). The maximum Gasteiger partial charge on any atom is 0.417 e. The van der Waals surface area contributed by atoms with E-state index < -0.39 is 34.0 Å². The molecule has 0 aliphatic carbocycles. The highest BCUT2D eigenvalue weighted by atomic mass is 79.9. The van der Waals surface area contributed by atoms with Crippen molar-refractivity contribution in [1.29, 1.82) is 0 Å². The third-order valence-corrected chi connectivity index (χ3v) is 2.90. The molecule has 0 aliphatic rings. The zero-order valence-electron chi connectivity index (χ0n) is 8.12. The predicted molar refractivity (Wildman–Crippen MR) is 56.2 cm³/mol. The van der Waals surface area contributed by atoms with Crippen molar-refractivity contribution in [2.24, 2.45) is 0 Å². The van der Waals surface area contributed by atoms with Crippen LogP contribution < -0.4 is 5.73 Å². The lowest BCUT2D eigenvalue weighted by Gasteiger charge is -2.15. The molecule has 1 aromatic rings. The van der Waals surface area contributed by atoms with Crippen molar-refractivity contribution < 1.29 is 28.2 Å². The quantitative estimate of drug-likeness (QED) is 0.731. The van der Waals surface area contributed by atoms with Gasteiger partial charge in [-0.05, 0) is 22.0 Å². The van der Waals surface area contributed by atoms with Crippen LogP contribution >= 0.6 is 15.9 Å². The summed E-state index contributed by atoms with van der Waals surface area (Å²) in [4.78, 5) is 10.5. The highest BCUT2D eigenvalue weighted by Gasteiger charge is 2.35. The number of alkyl halides is 3. The van der Waals surface area contributed by atoms with Gasteiger partial charge in [0.1, 0.15) is 0 Å². The van der Waals surface area contributed by atoms with Crippen LogP contribution in [-0.4, -0.2) is 16.2 Å². The molecule has 1 aromatic carbocycles. The molecule has 17 heavy (non-hydrogen) atoms. The van der Waals surface area contributed by atoms with Crippen LogP contribution in [0.25, 0.3) is 0 Å². The largest absolute Gasteiger partial charge is 0.479 e. The van der Waals surface area contributed by atoms with Crippen LogP contribution in [0.3, 0.4) is 0 Å². The first kappa shape index (κ1) is 13.8. The molecule has 8 heteroatoms. The number of carbonyl (C=O) groups is 1. The highest BCUT2D eigenvalue weighted by molar-refractivity contribution is 9.10. The first-order valence-corrected chi connectivity index (χ1v) is 5.01. The summed E-state index contributed by atoms with van der Waals surface area (Å²) in [7, 11) is 0. The topological polar surface area (TPSA) is 83.5 Å². The van der Waals surface area contributed by atoms with Crippen molar-refractivity contribution in [3.05, 3.63) is 27.7 Å². The van der Waals surface area contributed by atoms with E-state index in [1.54, 1.807) is 0 Å². The second-order valence-electron chi connectivity index (χ2n) is 3.17. The van der Waals surface area contributed by atoms with Crippen molar-refractivity contribution in [3.8, 4) is 0 Å². The predicted octanol–water partition coefficient (Wildman–Crippen LogP) is 2.17. The maximum absolute atomic E-state index is 12.5. The second-order valence-corrected chi connectivity index (χ2v) is 3.96. The van der Waals surface area contributed by atoms with Gasteiger partial charge in [-0.25, -0.2) is 4.79 Å². The number of rotatable bonds is 2. The number of anilines is 1. The zero-order valence-corrected chi connectivity index (χ0v) is 9.71. The van der Waals surface area contributed by atoms with Crippen molar-refractivity contribution in [2.45, 2.75) is 12.3 Å². The molecule has 0 saturated heterocycles. The van der Waals surface area contributed by atoms with E-state index in [4.69, 9.17) is 10.8 Å². The first-order chi connectivity index (χ1) is 7.66. The van der Waals surface area contributed by atoms with E-state index in [1.807, 2.05) is 0 Å². The lowest BCUT2D eigenvalue weighted by molar-refractivity contribution is -0.146. The van der Waals surface area contributed by atoms with Crippen molar-refractivity contribution in [3.63, 3.8) is 0 Å². The monoisotopic (exact) mass is 313 g/mol. The molecule has 0 bridgehead atoms. The molecule has 0 aromatic heterocycles. The molecule has 1 atom stereocenters. The number of hydrogen-bond donors (Lipinski definition) is 3. The molecular formula is C9H7BrF3NO3. The molecule has 0 fully saturated rings. The van der Waals surface area contributed by atoms with Crippen LogP contribution in [-0.2, 0) is 11.0 Å². The lowest BCUT2D eigenvalue weighted by Crippen LogP contribution is -2.15. The summed E-state index contributed by atoms with van der Waals surface area (Å²) in [6.07, 6.45) is -6.58. The summed E-state index contributed by atoms with van der Waals surface area (Å²) < 4.78 is 36.9. The number of carboxylic acid groups (broad SMARTS) is 1. The van der Waals surface area contributed by atoms with Gasteiger partial charge in [0.05, 0.1) is 15.7 Å². The van der Waals surface area contributed by atoms with Crippen LogP contribution in [0.15, 0.2) is 16.6 Å². The fraction of sp³-hybridized carbons (Fsp3) is 0.222. The number of aliphatic hydroxyl groups excluding tert-OH is 1. The number of halogens is 4. The van der Waals surface area contributed by atoms with Crippen LogP contribution in [0, 0.1) is 0 Å². The molecule has 0 spiro atoms. The van der Waals surface area contributed by atoms with Crippen molar-refractivity contribution >= 4 is 27.6 Å². The van der Waals surface area contributed by atoms with E-state index in [-0.39, 0.29) is 5.56 Å². The first-order valence-electron chi connectivity index (χ1n) is 4.22. The van der Waals surface area contributed by atoms with Gasteiger partial charge in [-0.15, -0.1) is 0 Å². The lowest BCUT2D eigenvalue weighted by atomic mass is 10.0. The average molecular weight is 314 g/mol. The van der Waals surface area contributed by atoms with Gasteiger partial charge in [0, 0.05) is 5.56 Å². The molecule has 0 radical (unpaired) electrons. The summed E-state index contributed by atoms with van der Waals surface area (Å²) in [5, 5.41) is 17.8. The molecule has 0 heterocycles. The molecule has 1 unspecified atom stereocenters. The SMILES string of the molecule is Nc1c(C(O)C(=O)O)ccc(C(F)(F)F)c1Br. The van der Waals surface area contributed by atoms with E-state index in [0.717, 1.165) is 6.07 Å². The molecule has 4 N–H and O–H groups in total. The molecule has 0 aliphatic heterocycles. The highest BCUT2D eigenvalue weighted by Crippen LogP contribution is 2.40. The number of benzene rings is 1. The number of nitrogens with two attached hydrogens (primary N) is 1. The third-order valence-electron chi connectivity index (χ3n) is 2.05. The third kappa shape index (κ3) is 2.70. The number of hydrogen-bond acceptors (Lipinski definition) is 3. The van der Waals surface area contributed by atoms with Crippen LogP contribution in [0.5, 0.6) is 0 Å². The molecular weight excluding hydrogens is 307 g/mol. The minimum atomic E-state index is -4.61. The number of carboxylic acids is 1. The number of aliphatic carboxylic acids is 1. The Morgan fingerprint density at radius 2 is 1.94 bits per heavy atom. The fourth-order valence-corrected chi connectivity index (χ4v) is 1.78. The van der Waals surface area contributed by atoms with Gasteiger partial charge in [0.2, 0.25) is 0 Å². The Bertz CT molecular complexity index is 462. The second kappa shape index (κ2) is 4.53. The minimum absolute atomic E-state index is 0.294. The maximum atomic E-state index is 12.5. The van der Waals surface area contributed by atoms with E-state index in [9.17, 15) is 23.1 Å². The molecule has 4 nitrogen and oxygen atoms in total. The minimum Gasteiger partial charge on any atom is -0.479 e.